The lowest BCUT2D eigenvalue weighted by Crippen LogP contribution is -2.64. The Morgan fingerprint density at radius 1 is 0.523 bits per heavy atom. The van der Waals surface area contributed by atoms with Gasteiger partial charge in [-0.1, -0.05) is 40.5 Å². The maximum absolute atomic E-state index is 14.6. The van der Waals surface area contributed by atoms with E-state index in [-0.39, 0.29) is 165 Å². The van der Waals surface area contributed by atoms with Crippen LogP contribution in [0.4, 0.5) is 0 Å². The number of phosphoric acid groups is 1. The molecule has 44 nitrogen and oxygen atoms in total. The molecule has 0 radical (unpaired) electrons. The van der Waals surface area contributed by atoms with Gasteiger partial charge in [0.2, 0.25) is 23.6 Å². The number of Topliss-reactive ketones (excluding diaryl/α,β-unsaturated/α-hetero) is 5. The molecule has 8 unspecified atom stereocenters. The van der Waals surface area contributed by atoms with Crippen LogP contribution in [0.25, 0.3) is 11.2 Å². The quantitative estimate of drug-likeness (QED) is 0.0254. The normalized spacial score (nSPS) is 27.7. The van der Waals surface area contributed by atoms with Crippen molar-refractivity contribution < 1.29 is 174 Å². The number of aliphatic hydroxyl groups excluding tert-OH is 10. The van der Waals surface area contributed by atoms with Gasteiger partial charge in [-0.15, -0.1) is 0 Å². The Morgan fingerprint density at radius 3 is 1.46 bits per heavy atom. The lowest BCUT2D eigenvalue weighted by atomic mass is 9.92. The number of amides is 4. The average molecular weight is 1930 g/mol. The number of likely N-dealkylation sites (tertiary alicyclic amines) is 1. The number of hydrogen-bond donors (Lipinski definition) is 15. The third-order valence-electron chi connectivity index (χ3n) is 23.9. The molecule has 2 aromatic heterocycles. The van der Waals surface area contributed by atoms with Crippen molar-refractivity contribution in [2.45, 2.75) is 343 Å². The molecule has 754 valence electrons. The molecule has 7 heterocycles. The van der Waals surface area contributed by atoms with E-state index >= 15 is 0 Å². The van der Waals surface area contributed by atoms with Gasteiger partial charge in [-0.2, -0.15) is 0 Å². The predicted molar refractivity (Wildman–Crippen MR) is 465 cm³/mol. The van der Waals surface area contributed by atoms with Gasteiger partial charge >= 0.3 is 15.4 Å². The van der Waals surface area contributed by atoms with Crippen LogP contribution >= 0.6 is 15.4 Å². The topological polar surface area (TPSA) is 633 Å². The van der Waals surface area contributed by atoms with Gasteiger partial charge in [0, 0.05) is 129 Å². The van der Waals surface area contributed by atoms with Crippen molar-refractivity contribution in [2.75, 3.05) is 106 Å². The zero-order valence-electron chi connectivity index (χ0n) is 76.7. The Labute approximate surface area is 769 Å². The SMILES string of the molecule is CC(=O)NC1[C@H](OCCCCC(=O)CCCCNC(=O)CCOCC(COCCC(=O)CCCCCC(=O)CCCCO[C@@H]2OC(CO)[C@H](O)[C@H](O)C2C)(COCCC(=O)CCCCCC(=O)CCCCO[C@@H]2OC(CO)[C@H](O)[C@H](O)C2C)NC(=O)CC(=O)N2C[C@@H](O)C[C@@H]2COP(=O)(O)O[C@H]2C[C@H](n3cnc4c(C)ncnc43)O[C@@H]2COP(=O)(O)C(C)C)OC(CO)[C@H](O)[C@@H]1O. The van der Waals surface area contributed by atoms with E-state index in [4.69, 9.17) is 60.9 Å². The predicted octanol–water partition coefficient (Wildman–Crippen LogP) is 1.65. The molecule has 0 aliphatic carbocycles. The second-order valence-electron chi connectivity index (χ2n) is 35.2. The highest BCUT2D eigenvalue weighted by atomic mass is 31.2. The number of hydrogen-bond acceptors (Lipinski definition) is 37. The van der Waals surface area contributed by atoms with Crippen molar-refractivity contribution in [1.29, 1.82) is 0 Å². The summed E-state index contributed by atoms with van der Waals surface area (Å²) in [6.07, 6.45) is -8.79. The molecular formula is C86H144N8O36P2. The monoisotopic (exact) mass is 1930 g/mol. The molecular weight excluding hydrogens is 1780 g/mol. The molecule has 4 amide bonds. The molecule has 7 rings (SSSR count). The fraction of sp³-hybridized carbons (Fsp3) is 0.837. The second-order valence-corrected chi connectivity index (χ2v) is 39.0. The minimum Gasteiger partial charge on any atom is -0.394 e. The van der Waals surface area contributed by atoms with Crippen molar-refractivity contribution >= 4 is 79.1 Å². The fourth-order valence-electron chi connectivity index (χ4n) is 15.9. The number of aryl methyl sites for hydroxylation is 1. The van der Waals surface area contributed by atoms with Crippen LogP contribution in [0.1, 0.15) is 226 Å². The number of aliphatic hydroxyl groups is 10. The minimum absolute atomic E-state index is 0.0257. The summed E-state index contributed by atoms with van der Waals surface area (Å²) in [7, 11) is -9.39. The number of nitrogens with zero attached hydrogens (tertiary/aromatic N) is 5. The van der Waals surface area contributed by atoms with Crippen LogP contribution in [0.2, 0.25) is 0 Å². The Morgan fingerprint density at radius 2 is 0.977 bits per heavy atom. The van der Waals surface area contributed by atoms with Crippen LogP contribution in [0.5, 0.6) is 0 Å². The number of rotatable bonds is 67. The second kappa shape index (κ2) is 58.2. The van der Waals surface area contributed by atoms with Crippen LogP contribution in [0.15, 0.2) is 12.7 Å². The molecule has 132 heavy (non-hydrogen) atoms. The molecule has 5 fully saturated rings. The number of β-amino-alcohol motifs (C(OH)–C–C–N with tert-alkyl or cyclic N) is 1. The third kappa shape index (κ3) is 37.9. The molecule has 0 spiro atoms. The van der Waals surface area contributed by atoms with Crippen LogP contribution < -0.4 is 16.0 Å². The third-order valence-corrected chi connectivity index (χ3v) is 26.8. The number of ketones is 5. The zero-order valence-corrected chi connectivity index (χ0v) is 78.5. The van der Waals surface area contributed by atoms with Crippen LogP contribution in [-0.2, 0) is 113 Å². The zero-order chi connectivity index (χ0) is 96.7. The lowest BCUT2D eigenvalue weighted by molar-refractivity contribution is -0.282. The van der Waals surface area contributed by atoms with E-state index in [9.17, 15) is 113 Å². The van der Waals surface area contributed by atoms with Gasteiger partial charge in [0.05, 0.1) is 115 Å². The van der Waals surface area contributed by atoms with Crippen molar-refractivity contribution in [3.63, 3.8) is 0 Å². The summed E-state index contributed by atoms with van der Waals surface area (Å²) in [6.45, 7) is 4.66. The standard InChI is InChI=1S/C86H144N8O36P2/c1-53(2)131(114,115)124-47-69-65(40-73(126-69)94-52-90-74-56(5)88-51-89-82(74)94)130-132(116,117)125-46-58-39-64(104)42-93(58)72(107)41-71(106)92-86(48-118-36-29-62(102)23-11-7-9-21-59(99)26-14-18-33-121-83-54(3)76(108)78(110)66(43-95)127-83,49-119-37-30-63(103)24-12-8-10-22-60(100)27-15-19-34-122-84-55(4)77(109)79(111)67(44-96)128-84)50-120-38-31-70(105)87-32-17-13-25-61(101)28-16-20-35-123-85-75(91-57(6)98)81(113)80(112)68(45-97)129-85/h51-55,58,64-69,73,75-81,83-85,95-97,104,108-113H,7-50H2,1-6H3,(H,87,105)(H,91,98)(H,92,106)(H,114,115)(H,116,117)/t54?,55?,58-,64+,65+,66?,67?,68?,69-,73-,75?,76-,77-,78+,79+,80+,81-,83-,84-,85-,86?/m1/s1. The van der Waals surface area contributed by atoms with Gasteiger partial charge in [-0.3, -0.25) is 61.3 Å². The first-order valence-corrected chi connectivity index (χ1v) is 49.3. The first-order chi connectivity index (χ1) is 62.9. The highest BCUT2D eigenvalue weighted by Crippen LogP contribution is 2.52. The Balaban J connectivity index is 0.957. The maximum atomic E-state index is 14.6. The molecule has 46 heteroatoms. The minimum atomic E-state index is -5.17. The Kier molecular flexibility index (Phi) is 49.9. The van der Waals surface area contributed by atoms with Gasteiger partial charge in [0.1, 0.15) is 120 Å². The summed E-state index contributed by atoms with van der Waals surface area (Å²) < 4.78 is 104. The average Bonchev–Trinajstić information content (AvgIpc) is 1.66. The van der Waals surface area contributed by atoms with Gasteiger partial charge in [-0.25, -0.2) is 19.5 Å². The Hall–Kier alpha value is -5.76. The lowest BCUT2D eigenvalue weighted by Gasteiger charge is -2.42. The van der Waals surface area contributed by atoms with E-state index in [1.165, 1.54) is 38.0 Å². The number of phosphoric ester groups is 1. The van der Waals surface area contributed by atoms with E-state index in [1.54, 1.807) is 20.8 Å². The van der Waals surface area contributed by atoms with E-state index in [0.29, 0.717) is 107 Å². The van der Waals surface area contributed by atoms with E-state index in [1.807, 2.05) is 0 Å². The number of ether oxygens (including phenoxy) is 10. The summed E-state index contributed by atoms with van der Waals surface area (Å²) in [5.74, 6) is -4.25. The van der Waals surface area contributed by atoms with Crippen molar-refractivity contribution in [1.82, 2.24) is 40.4 Å². The van der Waals surface area contributed by atoms with E-state index < -0.39 is 232 Å². The van der Waals surface area contributed by atoms with E-state index in [0.717, 1.165) is 4.90 Å². The smallest absolute Gasteiger partial charge is 0.394 e. The molecule has 22 atom stereocenters. The molecule has 15 N–H and O–H groups in total. The number of fused-ring (bicyclic) bond motifs is 1. The van der Waals surface area contributed by atoms with Crippen LogP contribution in [0, 0.1) is 18.8 Å². The fourth-order valence-corrected chi connectivity index (χ4v) is 17.5. The summed E-state index contributed by atoms with van der Waals surface area (Å²) in [6, 6.07) is -2.24. The number of aromatic nitrogens is 4. The first kappa shape index (κ1) is 113. The Bertz CT molecular complexity index is 3870. The molecule has 0 aromatic carbocycles. The first-order valence-electron chi connectivity index (χ1n) is 46.2. The maximum Gasteiger partial charge on any atom is 0.472 e. The number of carbonyl (C=O) groups excluding carboxylic acids is 9. The van der Waals surface area contributed by atoms with E-state index in [2.05, 4.69) is 30.9 Å². The number of carbonyl (C=O) groups is 9. The van der Waals surface area contributed by atoms with Gasteiger partial charge in [0.15, 0.2) is 24.5 Å². The van der Waals surface area contributed by atoms with Crippen LogP contribution in [-0.4, -0.2) is 359 Å². The highest BCUT2D eigenvalue weighted by Gasteiger charge is 2.49. The van der Waals surface area contributed by atoms with Crippen molar-refractivity contribution in [3.05, 3.63) is 18.3 Å². The number of imidazole rings is 1. The molecule has 0 bridgehead atoms. The molecule has 2 aromatic rings. The number of nitrogens with one attached hydrogen (secondary N) is 3. The van der Waals surface area contributed by atoms with Gasteiger partial charge < -0.3 is 134 Å². The molecule has 5 aliphatic rings. The molecule has 5 saturated heterocycles. The molecule has 5 aliphatic heterocycles. The van der Waals surface area contributed by atoms with Gasteiger partial charge in [-0.05, 0) is 90.4 Å². The summed E-state index contributed by atoms with van der Waals surface area (Å²) >= 11 is 0. The van der Waals surface area contributed by atoms with Crippen molar-refractivity contribution in [2.24, 2.45) is 11.8 Å². The van der Waals surface area contributed by atoms with Crippen molar-refractivity contribution in [3.8, 4) is 0 Å². The van der Waals surface area contributed by atoms with Crippen LogP contribution in [0.3, 0.4) is 0 Å². The highest BCUT2D eigenvalue weighted by molar-refractivity contribution is 7.53. The van der Waals surface area contributed by atoms with Gasteiger partial charge in [0.25, 0.3) is 0 Å². The number of unbranched alkanes of at least 4 members (excludes halogenated alkanes) is 8. The summed E-state index contributed by atoms with van der Waals surface area (Å²) in [5, 5.41) is 110. The summed E-state index contributed by atoms with van der Waals surface area (Å²) in [5.41, 5.74) is -1.23. The molecule has 0 saturated carbocycles. The summed E-state index contributed by atoms with van der Waals surface area (Å²) in [4.78, 5) is 155. The largest absolute Gasteiger partial charge is 0.472 e.